The molecule has 0 saturated carbocycles. The average Bonchev–Trinajstić information content (AvgIpc) is 1.98. The Labute approximate surface area is 52.5 Å². The molecule has 0 spiro atoms. The van der Waals surface area contributed by atoms with Gasteiger partial charge >= 0.3 is 0 Å². The second-order valence-electron chi connectivity index (χ2n) is 1.57. The van der Waals surface area contributed by atoms with Crippen LogP contribution in [0.3, 0.4) is 0 Å². The van der Waals surface area contributed by atoms with Crippen LogP contribution in [0.15, 0.2) is 5.57 Å². The fourth-order valence-corrected chi connectivity index (χ4v) is 0.658. The van der Waals surface area contributed by atoms with E-state index < -0.39 is 5.50 Å². The van der Waals surface area contributed by atoms with Crippen molar-refractivity contribution in [3.63, 3.8) is 0 Å². The average molecular weight is 130 g/mol. The van der Waals surface area contributed by atoms with Gasteiger partial charge in [0.15, 0.2) is 11.3 Å². The third-order valence-corrected chi connectivity index (χ3v) is 1.23. The monoisotopic (exact) mass is 129 g/mol. The first-order valence-corrected chi connectivity index (χ1v) is 2.63. The molecular weight excluding hydrogens is 126 g/mol. The lowest BCUT2D eigenvalue weighted by Crippen LogP contribution is -2.14. The maximum absolute atomic E-state index is 10.6. The van der Waals surface area contributed by atoms with E-state index in [9.17, 15) is 4.79 Å². The molecule has 8 heavy (non-hydrogen) atoms. The van der Waals surface area contributed by atoms with Crippen LogP contribution >= 0.6 is 11.6 Å². The number of nitrogens with zero attached hydrogens (tertiary/aromatic N) is 1. The van der Waals surface area contributed by atoms with Crippen molar-refractivity contribution in [2.45, 2.75) is 12.4 Å². The third kappa shape index (κ3) is 0.713. The molecule has 1 rings (SSSR count). The molecular formula is C5H4ClNO. The quantitative estimate of drug-likeness (QED) is 0.345. The highest BCUT2D eigenvalue weighted by molar-refractivity contribution is 6.34. The van der Waals surface area contributed by atoms with Gasteiger partial charge in [-0.3, -0.25) is 10.1 Å². The lowest BCUT2D eigenvalue weighted by molar-refractivity contribution is -0.114. The number of hydrogen-bond acceptors (Lipinski definition) is 1. The Bertz CT molecular complexity index is 153. The highest BCUT2D eigenvalue weighted by atomic mass is 35.5. The molecule has 0 aromatic carbocycles. The first kappa shape index (κ1) is 5.63. The molecule has 0 bridgehead atoms. The maximum atomic E-state index is 10.6. The van der Waals surface area contributed by atoms with E-state index in [1.165, 1.54) is 0 Å². The van der Waals surface area contributed by atoms with Gasteiger partial charge in [0.25, 0.3) is 0 Å². The minimum atomic E-state index is -0.699. The maximum Gasteiger partial charge on any atom is 0.200 e. The van der Waals surface area contributed by atoms with E-state index in [2.05, 4.69) is 11.5 Å². The van der Waals surface area contributed by atoms with Gasteiger partial charge < -0.3 is 0 Å². The van der Waals surface area contributed by atoms with Crippen LogP contribution in [-0.2, 0) is 4.79 Å². The van der Waals surface area contributed by atoms with E-state index in [1.54, 1.807) is 6.92 Å². The summed E-state index contributed by atoms with van der Waals surface area (Å²) in [6.07, 6.45) is 2.48. The normalized spacial score (nSPS) is 27.5. The summed E-state index contributed by atoms with van der Waals surface area (Å²) in [7, 11) is 0. The summed E-state index contributed by atoms with van der Waals surface area (Å²) in [6, 6.07) is 0. The number of alkyl halides is 1. The summed E-state index contributed by atoms with van der Waals surface area (Å²) in [5.41, 5.74) is -0.181. The minimum absolute atomic E-state index is 0.133. The van der Waals surface area contributed by atoms with Crippen LogP contribution in [-0.4, -0.2) is 11.3 Å². The van der Waals surface area contributed by atoms with Gasteiger partial charge in [-0.2, -0.15) is 0 Å². The lowest BCUT2D eigenvalue weighted by atomic mass is 10.2. The van der Waals surface area contributed by atoms with Crippen LogP contribution in [0, 0.1) is 6.20 Å². The van der Waals surface area contributed by atoms with Gasteiger partial charge in [0.1, 0.15) is 0 Å². The number of carbonyl (C=O) groups excluding carboxylic acids is 1. The number of hydrogen-bond donors (Lipinski definition) is 0. The van der Waals surface area contributed by atoms with Gasteiger partial charge in [-0.25, -0.2) is 0 Å². The fourth-order valence-electron chi connectivity index (χ4n) is 0.446. The van der Waals surface area contributed by atoms with Crippen molar-refractivity contribution in [1.29, 1.82) is 0 Å². The number of Topliss-reactive ketones (excluding diaryl/α,β-unsaturated/α-hetero) is 1. The van der Waals surface area contributed by atoms with Crippen LogP contribution in [0.5, 0.6) is 0 Å². The summed E-state index contributed by atoms with van der Waals surface area (Å²) in [4.78, 5) is 10.6. The minimum Gasteiger partial charge on any atom is -0.291 e. The van der Waals surface area contributed by atoms with Crippen molar-refractivity contribution in [3.8, 4) is 0 Å². The zero-order chi connectivity index (χ0) is 6.15. The standard InChI is InChI=1S/C5H4ClNO/c1-3-2-7-5(6)4(3)8/h5H,1H3. The van der Waals surface area contributed by atoms with Gasteiger partial charge in [0, 0.05) is 5.57 Å². The Morgan fingerprint density at radius 3 is 2.62 bits per heavy atom. The molecule has 2 nitrogen and oxygen atoms in total. The summed E-state index contributed by atoms with van der Waals surface area (Å²) in [6.45, 7) is 1.65. The van der Waals surface area contributed by atoms with Crippen molar-refractivity contribution in [2.24, 2.45) is 0 Å². The second kappa shape index (κ2) is 1.78. The van der Waals surface area contributed by atoms with E-state index in [0.717, 1.165) is 0 Å². The molecule has 2 radical (unpaired) electrons. The topological polar surface area (TPSA) is 31.2 Å². The van der Waals surface area contributed by atoms with E-state index in [0.29, 0.717) is 5.57 Å². The second-order valence-corrected chi connectivity index (χ2v) is 1.98. The molecule has 0 fully saturated rings. The zero-order valence-electron chi connectivity index (χ0n) is 4.31. The Morgan fingerprint density at radius 1 is 1.88 bits per heavy atom. The Balaban J connectivity index is 2.73. The molecule has 0 aromatic rings. The smallest absolute Gasteiger partial charge is 0.200 e. The molecule has 42 valence electrons. The summed E-state index contributed by atoms with van der Waals surface area (Å²) in [5, 5.41) is 3.53. The van der Waals surface area contributed by atoms with Gasteiger partial charge in [-0.05, 0) is 6.92 Å². The SMILES string of the molecule is CC1=[C][N]C(Cl)C1=O. The molecule has 0 saturated heterocycles. The first-order valence-electron chi connectivity index (χ1n) is 2.19. The van der Waals surface area contributed by atoms with Gasteiger partial charge in [0.05, 0.1) is 6.20 Å². The van der Waals surface area contributed by atoms with Crippen LogP contribution < -0.4 is 5.32 Å². The molecule has 1 aliphatic rings. The molecule has 0 aromatic heterocycles. The molecule has 0 amide bonds. The molecule has 3 heteroatoms. The number of carbonyl (C=O) groups is 1. The summed E-state index contributed by atoms with van der Waals surface area (Å²) < 4.78 is 0. The van der Waals surface area contributed by atoms with Crippen LogP contribution in [0.2, 0.25) is 0 Å². The molecule has 1 aliphatic heterocycles. The molecule has 1 heterocycles. The Kier molecular flexibility index (Phi) is 1.26. The number of ketones is 1. The van der Waals surface area contributed by atoms with E-state index in [-0.39, 0.29) is 5.78 Å². The first-order chi connectivity index (χ1) is 3.72. The lowest BCUT2D eigenvalue weighted by Gasteiger charge is -1.91. The number of halogens is 1. The van der Waals surface area contributed by atoms with E-state index >= 15 is 0 Å². The van der Waals surface area contributed by atoms with E-state index in [1.807, 2.05) is 0 Å². The summed E-state index contributed by atoms with van der Waals surface area (Å²) >= 11 is 5.36. The third-order valence-electron chi connectivity index (χ3n) is 0.932. The van der Waals surface area contributed by atoms with Crippen LogP contribution in [0.4, 0.5) is 0 Å². The van der Waals surface area contributed by atoms with Gasteiger partial charge in [-0.1, -0.05) is 11.6 Å². The van der Waals surface area contributed by atoms with Crippen molar-refractivity contribution < 1.29 is 4.79 Å². The molecule has 1 unspecified atom stereocenters. The Hall–Kier alpha value is -0.500. The van der Waals surface area contributed by atoms with Crippen molar-refractivity contribution in [2.75, 3.05) is 0 Å². The van der Waals surface area contributed by atoms with Gasteiger partial charge in [0.2, 0.25) is 0 Å². The zero-order valence-corrected chi connectivity index (χ0v) is 5.07. The van der Waals surface area contributed by atoms with Crippen LogP contribution in [0.1, 0.15) is 6.92 Å². The fraction of sp³-hybridized carbons (Fsp3) is 0.400. The van der Waals surface area contributed by atoms with Crippen LogP contribution in [0.25, 0.3) is 0 Å². The predicted octanol–water partition coefficient (Wildman–Crippen LogP) is 0.445. The van der Waals surface area contributed by atoms with Crippen molar-refractivity contribution >= 4 is 17.4 Å². The van der Waals surface area contributed by atoms with E-state index in [4.69, 9.17) is 11.6 Å². The van der Waals surface area contributed by atoms with Crippen molar-refractivity contribution in [3.05, 3.63) is 11.8 Å². The number of rotatable bonds is 0. The predicted molar refractivity (Wildman–Crippen MR) is 29.2 cm³/mol. The highest BCUT2D eigenvalue weighted by Crippen LogP contribution is 2.09. The highest BCUT2D eigenvalue weighted by Gasteiger charge is 2.23. The summed E-state index contributed by atoms with van der Waals surface area (Å²) in [5.74, 6) is -0.133. The molecule has 1 atom stereocenters. The molecule has 0 N–H and O–H groups in total. The largest absolute Gasteiger partial charge is 0.291 e. The molecule has 0 aliphatic carbocycles. The van der Waals surface area contributed by atoms with Crippen molar-refractivity contribution in [1.82, 2.24) is 5.32 Å². The van der Waals surface area contributed by atoms with Gasteiger partial charge in [-0.15, -0.1) is 0 Å². The Morgan fingerprint density at radius 2 is 2.50 bits per heavy atom.